The number of anilines is 2. The predicted octanol–water partition coefficient (Wildman–Crippen LogP) is 0.837. The highest BCUT2D eigenvalue weighted by Gasteiger charge is 2.33. The Morgan fingerprint density at radius 2 is 2.21 bits per heavy atom. The summed E-state index contributed by atoms with van der Waals surface area (Å²) in [5.41, 5.74) is 5.23. The number of rotatable bonds is 3. The fraction of sp³-hybridized carbons (Fsp3) is 0.750. The van der Waals surface area contributed by atoms with Gasteiger partial charge in [-0.25, -0.2) is 0 Å². The van der Waals surface area contributed by atoms with Crippen molar-refractivity contribution in [3.63, 3.8) is 0 Å². The molecular weight excluding hydrogens is 200 g/mol. The third-order valence-corrected chi connectivity index (χ3v) is 3.32. The fourth-order valence-corrected chi connectivity index (χ4v) is 2.50. The van der Waals surface area contributed by atoms with Gasteiger partial charge in [0.1, 0.15) is 0 Å². The molecule has 14 heavy (non-hydrogen) atoms. The Morgan fingerprint density at radius 1 is 1.50 bits per heavy atom. The smallest absolute Gasteiger partial charge is 0.233 e. The molecule has 1 aliphatic carbocycles. The van der Waals surface area contributed by atoms with Crippen molar-refractivity contribution in [2.75, 3.05) is 17.7 Å². The van der Waals surface area contributed by atoms with Crippen molar-refractivity contribution in [1.82, 2.24) is 9.36 Å². The zero-order valence-electron chi connectivity index (χ0n) is 7.86. The monoisotopic (exact) mass is 214 g/mol. The molecule has 1 aromatic heterocycles. The number of nitrogens with one attached hydrogen (secondary N) is 1. The number of aliphatic hydroxyl groups excluding tert-OH is 1. The van der Waals surface area contributed by atoms with Crippen LogP contribution in [0.4, 0.5) is 11.1 Å². The maximum absolute atomic E-state index is 9.35. The molecule has 2 rings (SSSR count). The number of aromatic nitrogens is 2. The van der Waals surface area contributed by atoms with Crippen LogP contribution in [0.2, 0.25) is 0 Å². The van der Waals surface area contributed by atoms with E-state index in [9.17, 15) is 5.11 Å². The van der Waals surface area contributed by atoms with E-state index in [0.29, 0.717) is 11.1 Å². The highest BCUT2D eigenvalue weighted by Crippen LogP contribution is 2.33. The molecule has 5 nitrogen and oxygen atoms in total. The molecule has 4 N–H and O–H groups in total. The summed E-state index contributed by atoms with van der Waals surface area (Å²) in [6.45, 7) is 0.145. The fourth-order valence-electron chi connectivity index (χ4n) is 1.89. The highest BCUT2D eigenvalue weighted by atomic mass is 32.1. The van der Waals surface area contributed by atoms with Crippen molar-refractivity contribution in [1.29, 1.82) is 0 Å². The summed E-state index contributed by atoms with van der Waals surface area (Å²) in [5, 5.41) is 13.3. The Labute approximate surface area is 86.5 Å². The van der Waals surface area contributed by atoms with E-state index in [0.717, 1.165) is 25.7 Å². The van der Waals surface area contributed by atoms with Crippen LogP contribution in [0.1, 0.15) is 25.7 Å². The van der Waals surface area contributed by atoms with Crippen molar-refractivity contribution < 1.29 is 5.11 Å². The average molecular weight is 214 g/mol. The Balaban J connectivity index is 2.08. The van der Waals surface area contributed by atoms with Crippen LogP contribution in [0, 0.1) is 0 Å². The van der Waals surface area contributed by atoms with Crippen LogP contribution in [0.15, 0.2) is 0 Å². The molecule has 1 aromatic rings. The first-order chi connectivity index (χ1) is 6.74. The van der Waals surface area contributed by atoms with Gasteiger partial charge in [0.2, 0.25) is 11.1 Å². The summed E-state index contributed by atoms with van der Waals surface area (Å²) in [7, 11) is 0. The first kappa shape index (κ1) is 9.67. The van der Waals surface area contributed by atoms with E-state index in [-0.39, 0.29) is 12.1 Å². The van der Waals surface area contributed by atoms with Crippen LogP contribution < -0.4 is 11.1 Å². The van der Waals surface area contributed by atoms with Crippen LogP contribution in [0.3, 0.4) is 0 Å². The first-order valence-corrected chi connectivity index (χ1v) is 5.50. The van der Waals surface area contributed by atoms with Gasteiger partial charge in [-0.1, -0.05) is 12.8 Å². The molecule has 0 atom stereocenters. The first-order valence-electron chi connectivity index (χ1n) is 4.72. The van der Waals surface area contributed by atoms with Gasteiger partial charge in [0, 0.05) is 11.5 Å². The normalized spacial score (nSPS) is 19.8. The van der Waals surface area contributed by atoms with Gasteiger partial charge in [0.25, 0.3) is 0 Å². The van der Waals surface area contributed by atoms with E-state index >= 15 is 0 Å². The van der Waals surface area contributed by atoms with Crippen LogP contribution in [0.5, 0.6) is 0 Å². The number of aliphatic hydroxyl groups is 1. The zero-order valence-corrected chi connectivity index (χ0v) is 8.68. The second-order valence-corrected chi connectivity index (χ2v) is 4.48. The number of nitrogens with zero attached hydrogens (tertiary/aromatic N) is 2. The lowest BCUT2D eigenvalue weighted by molar-refractivity contribution is 0.214. The molecule has 0 saturated heterocycles. The van der Waals surface area contributed by atoms with E-state index in [2.05, 4.69) is 14.7 Å². The lowest BCUT2D eigenvalue weighted by Gasteiger charge is -2.27. The molecule has 1 aliphatic rings. The standard InChI is InChI=1S/C8H14N4OS/c9-6-10-7(14-12-6)11-8(5-13)3-1-2-4-8/h13H,1-5H2,(H3,9,10,11,12). The summed E-state index contributed by atoms with van der Waals surface area (Å²) >= 11 is 1.24. The summed E-state index contributed by atoms with van der Waals surface area (Å²) in [5.74, 6) is 0.295. The van der Waals surface area contributed by atoms with E-state index in [1.54, 1.807) is 0 Å². The summed E-state index contributed by atoms with van der Waals surface area (Å²) in [6.07, 6.45) is 4.29. The van der Waals surface area contributed by atoms with Crippen molar-refractivity contribution >= 4 is 22.6 Å². The average Bonchev–Trinajstić information content (AvgIpc) is 2.77. The van der Waals surface area contributed by atoms with E-state index in [1.807, 2.05) is 0 Å². The predicted molar refractivity (Wildman–Crippen MR) is 56.2 cm³/mol. The Hall–Kier alpha value is -0.880. The molecule has 0 unspecified atom stereocenters. The van der Waals surface area contributed by atoms with Gasteiger partial charge in [0.15, 0.2) is 0 Å². The molecular formula is C8H14N4OS. The van der Waals surface area contributed by atoms with Crippen molar-refractivity contribution in [2.24, 2.45) is 0 Å². The maximum Gasteiger partial charge on any atom is 0.233 e. The molecule has 78 valence electrons. The van der Waals surface area contributed by atoms with Gasteiger partial charge in [0.05, 0.1) is 12.1 Å². The second kappa shape index (κ2) is 3.70. The minimum atomic E-state index is -0.189. The molecule has 0 radical (unpaired) electrons. The topological polar surface area (TPSA) is 84.1 Å². The molecule has 0 amide bonds. The molecule has 6 heteroatoms. The minimum absolute atomic E-state index is 0.145. The number of hydrogen-bond acceptors (Lipinski definition) is 6. The van der Waals surface area contributed by atoms with Crippen molar-refractivity contribution in [3.05, 3.63) is 0 Å². The zero-order chi connectivity index (χ0) is 10.0. The van der Waals surface area contributed by atoms with Crippen LogP contribution >= 0.6 is 11.5 Å². The summed E-state index contributed by atoms with van der Waals surface area (Å²) in [6, 6.07) is 0. The molecule has 0 aliphatic heterocycles. The van der Waals surface area contributed by atoms with Gasteiger partial charge >= 0.3 is 0 Å². The lowest BCUT2D eigenvalue weighted by atomic mass is 10.00. The van der Waals surface area contributed by atoms with Crippen LogP contribution in [-0.2, 0) is 0 Å². The minimum Gasteiger partial charge on any atom is -0.394 e. The number of hydrogen-bond donors (Lipinski definition) is 3. The van der Waals surface area contributed by atoms with Gasteiger partial charge in [-0.15, -0.1) is 0 Å². The van der Waals surface area contributed by atoms with Gasteiger partial charge < -0.3 is 16.2 Å². The highest BCUT2D eigenvalue weighted by molar-refractivity contribution is 7.09. The lowest BCUT2D eigenvalue weighted by Crippen LogP contribution is -2.38. The second-order valence-electron chi connectivity index (χ2n) is 3.73. The molecule has 1 heterocycles. The third-order valence-electron chi connectivity index (χ3n) is 2.68. The SMILES string of the molecule is Nc1nsc(NC2(CO)CCCC2)n1. The van der Waals surface area contributed by atoms with Crippen molar-refractivity contribution in [2.45, 2.75) is 31.2 Å². The number of nitrogen functional groups attached to an aromatic ring is 1. The molecule has 0 aromatic carbocycles. The Kier molecular flexibility index (Phi) is 2.56. The van der Waals surface area contributed by atoms with E-state index in [1.165, 1.54) is 11.5 Å². The number of nitrogens with two attached hydrogens (primary N) is 1. The van der Waals surface area contributed by atoms with Crippen LogP contribution in [-0.4, -0.2) is 26.6 Å². The quantitative estimate of drug-likeness (QED) is 0.694. The summed E-state index contributed by atoms with van der Waals surface area (Å²) < 4.78 is 3.89. The molecule has 1 fully saturated rings. The van der Waals surface area contributed by atoms with Crippen molar-refractivity contribution in [3.8, 4) is 0 Å². The van der Waals surface area contributed by atoms with Gasteiger partial charge in [-0.2, -0.15) is 9.36 Å². The maximum atomic E-state index is 9.35. The third kappa shape index (κ3) is 1.80. The Bertz CT molecular complexity index is 308. The van der Waals surface area contributed by atoms with Crippen LogP contribution in [0.25, 0.3) is 0 Å². The molecule has 0 spiro atoms. The van der Waals surface area contributed by atoms with Gasteiger partial charge in [-0.3, -0.25) is 0 Å². The molecule has 0 bridgehead atoms. The Morgan fingerprint density at radius 3 is 2.71 bits per heavy atom. The molecule has 1 saturated carbocycles. The van der Waals surface area contributed by atoms with Gasteiger partial charge in [-0.05, 0) is 12.8 Å². The van der Waals surface area contributed by atoms with E-state index in [4.69, 9.17) is 5.73 Å². The largest absolute Gasteiger partial charge is 0.394 e. The van der Waals surface area contributed by atoms with E-state index < -0.39 is 0 Å². The summed E-state index contributed by atoms with van der Waals surface area (Å²) in [4.78, 5) is 4.03.